The Labute approximate surface area is 111 Å². The van der Waals surface area contributed by atoms with Gasteiger partial charge in [0.2, 0.25) is 0 Å². The van der Waals surface area contributed by atoms with Crippen molar-refractivity contribution in [3.8, 4) is 5.69 Å². The van der Waals surface area contributed by atoms with Crippen LogP contribution < -0.4 is 5.73 Å². The summed E-state index contributed by atoms with van der Waals surface area (Å²) >= 11 is 5.83. The summed E-state index contributed by atoms with van der Waals surface area (Å²) in [6.45, 7) is 4.67. The smallest absolute Gasteiger partial charge is 0.141 e. The third-order valence-electron chi connectivity index (χ3n) is 3.11. The molecule has 2 N–H and O–H groups in total. The quantitative estimate of drug-likeness (QED) is 0.907. The fourth-order valence-electron chi connectivity index (χ4n) is 2.26. The molecule has 0 fully saturated rings. The molecule has 0 amide bonds. The molecule has 2 aromatic rings. The van der Waals surface area contributed by atoms with Gasteiger partial charge in [-0.05, 0) is 56.6 Å². The van der Waals surface area contributed by atoms with Crippen molar-refractivity contribution in [3.05, 3.63) is 52.1 Å². The van der Waals surface area contributed by atoms with Crippen molar-refractivity contribution >= 4 is 11.6 Å². The van der Waals surface area contributed by atoms with Crippen LogP contribution in [0.4, 0.5) is 4.39 Å². The summed E-state index contributed by atoms with van der Waals surface area (Å²) in [5, 5.41) is 0.139. The Bertz CT molecular complexity index is 575. The van der Waals surface area contributed by atoms with Gasteiger partial charge in [-0.15, -0.1) is 0 Å². The lowest BCUT2D eigenvalue weighted by Crippen LogP contribution is -2.04. The molecule has 1 heterocycles. The maximum absolute atomic E-state index is 13.2. The van der Waals surface area contributed by atoms with Gasteiger partial charge in [-0.1, -0.05) is 11.6 Å². The van der Waals surface area contributed by atoms with E-state index in [1.54, 1.807) is 12.1 Å². The highest BCUT2D eigenvalue weighted by atomic mass is 35.5. The van der Waals surface area contributed by atoms with Crippen molar-refractivity contribution < 1.29 is 4.39 Å². The van der Waals surface area contributed by atoms with Crippen LogP contribution in [-0.2, 0) is 6.42 Å². The van der Waals surface area contributed by atoms with Gasteiger partial charge in [0.1, 0.15) is 5.82 Å². The predicted molar refractivity (Wildman–Crippen MR) is 73.0 cm³/mol. The van der Waals surface area contributed by atoms with Crippen LogP contribution in [0.3, 0.4) is 0 Å². The summed E-state index contributed by atoms with van der Waals surface area (Å²) in [6.07, 6.45) is 0.842. The molecule has 0 saturated heterocycles. The minimum atomic E-state index is -0.398. The highest BCUT2D eigenvalue weighted by Crippen LogP contribution is 2.24. The van der Waals surface area contributed by atoms with E-state index in [4.69, 9.17) is 17.3 Å². The molecule has 2 rings (SSSR count). The zero-order valence-corrected chi connectivity index (χ0v) is 11.3. The average molecular weight is 267 g/mol. The maximum atomic E-state index is 13.2. The second kappa shape index (κ2) is 5.12. The van der Waals surface area contributed by atoms with Crippen LogP contribution in [0.15, 0.2) is 24.3 Å². The minimum absolute atomic E-state index is 0.139. The molecule has 0 aliphatic rings. The fourth-order valence-corrected chi connectivity index (χ4v) is 2.43. The van der Waals surface area contributed by atoms with E-state index >= 15 is 0 Å². The standard InChI is InChI=1S/C14H16ClFN2/c1-9-7-11(5-6-17)10(2)18(9)12-3-4-14(16)13(15)8-12/h3-4,7-8H,5-6,17H2,1-2H3. The van der Waals surface area contributed by atoms with E-state index in [-0.39, 0.29) is 5.02 Å². The Morgan fingerprint density at radius 1 is 1.28 bits per heavy atom. The first-order valence-electron chi connectivity index (χ1n) is 5.88. The zero-order valence-electron chi connectivity index (χ0n) is 10.5. The van der Waals surface area contributed by atoms with Gasteiger partial charge in [0.15, 0.2) is 0 Å². The summed E-state index contributed by atoms with van der Waals surface area (Å²) in [6, 6.07) is 6.87. The number of benzene rings is 1. The maximum Gasteiger partial charge on any atom is 0.141 e. The molecule has 0 atom stereocenters. The van der Waals surface area contributed by atoms with Gasteiger partial charge < -0.3 is 10.3 Å². The molecule has 0 aliphatic carbocycles. The number of rotatable bonds is 3. The highest BCUT2D eigenvalue weighted by molar-refractivity contribution is 6.30. The molecule has 0 bridgehead atoms. The Morgan fingerprint density at radius 2 is 2.00 bits per heavy atom. The van der Waals surface area contributed by atoms with Gasteiger partial charge >= 0.3 is 0 Å². The summed E-state index contributed by atoms with van der Waals surface area (Å²) in [4.78, 5) is 0. The van der Waals surface area contributed by atoms with Gasteiger partial charge in [0.05, 0.1) is 5.02 Å². The predicted octanol–water partition coefficient (Wildman–Crippen LogP) is 3.39. The number of aryl methyl sites for hydroxylation is 1. The monoisotopic (exact) mass is 266 g/mol. The third-order valence-corrected chi connectivity index (χ3v) is 3.40. The Hall–Kier alpha value is -1.32. The van der Waals surface area contributed by atoms with Crippen LogP contribution in [0.1, 0.15) is 17.0 Å². The fraction of sp³-hybridized carbons (Fsp3) is 0.286. The van der Waals surface area contributed by atoms with E-state index in [1.165, 1.54) is 11.6 Å². The molecular formula is C14H16ClFN2. The van der Waals surface area contributed by atoms with E-state index in [0.717, 1.165) is 23.5 Å². The van der Waals surface area contributed by atoms with Crippen LogP contribution in [-0.4, -0.2) is 11.1 Å². The molecule has 0 spiro atoms. The summed E-state index contributed by atoms with van der Waals surface area (Å²) < 4.78 is 15.2. The SMILES string of the molecule is Cc1cc(CCN)c(C)n1-c1ccc(F)c(Cl)c1. The van der Waals surface area contributed by atoms with Gasteiger partial charge in [-0.25, -0.2) is 4.39 Å². The van der Waals surface area contributed by atoms with Crippen LogP contribution >= 0.6 is 11.6 Å². The van der Waals surface area contributed by atoms with Crippen molar-refractivity contribution in [1.29, 1.82) is 0 Å². The first-order valence-corrected chi connectivity index (χ1v) is 6.25. The Morgan fingerprint density at radius 3 is 2.61 bits per heavy atom. The number of hydrogen-bond donors (Lipinski definition) is 1. The van der Waals surface area contributed by atoms with E-state index in [2.05, 4.69) is 10.6 Å². The lowest BCUT2D eigenvalue weighted by Gasteiger charge is -2.10. The van der Waals surface area contributed by atoms with Gasteiger partial charge in [0.25, 0.3) is 0 Å². The molecule has 0 saturated carbocycles. The molecule has 96 valence electrons. The first kappa shape index (κ1) is 13.1. The molecule has 4 heteroatoms. The molecule has 0 radical (unpaired) electrons. The lowest BCUT2D eigenvalue weighted by atomic mass is 10.2. The number of nitrogens with two attached hydrogens (primary N) is 1. The van der Waals surface area contributed by atoms with Crippen molar-refractivity contribution in [3.63, 3.8) is 0 Å². The Balaban J connectivity index is 2.53. The minimum Gasteiger partial charge on any atom is -0.330 e. The van der Waals surface area contributed by atoms with E-state index in [9.17, 15) is 4.39 Å². The van der Waals surface area contributed by atoms with Crippen LogP contribution in [0.5, 0.6) is 0 Å². The van der Waals surface area contributed by atoms with Gasteiger partial charge in [0, 0.05) is 17.1 Å². The number of hydrogen-bond acceptors (Lipinski definition) is 1. The summed E-state index contributed by atoms with van der Waals surface area (Å²) in [5.41, 5.74) is 9.91. The van der Waals surface area contributed by atoms with E-state index in [1.807, 2.05) is 13.8 Å². The molecule has 0 aliphatic heterocycles. The van der Waals surface area contributed by atoms with Gasteiger partial charge in [-0.3, -0.25) is 0 Å². The van der Waals surface area contributed by atoms with Crippen LogP contribution in [0.2, 0.25) is 5.02 Å². The van der Waals surface area contributed by atoms with Gasteiger partial charge in [-0.2, -0.15) is 0 Å². The molecular weight excluding hydrogens is 251 g/mol. The van der Waals surface area contributed by atoms with E-state index < -0.39 is 5.82 Å². The van der Waals surface area contributed by atoms with Crippen molar-refractivity contribution in [1.82, 2.24) is 4.57 Å². The number of aromatic nitrogens is 1. The molecule has 1 aromatic carbocycles. The number of halogens is 2. The van der Waals surface area contributed by atoms with E-state index in [0.29, 0.717) is 6.54 Å². The lowest BCUT2D eigenvalue weighted by molar-refractivity contribution is 0.627. The van der Waals surface area contributed by atoms with Crippen molar-refractivity contribution in [2.75, 3.05) is 6.54 Å². The van der Waals surface area contributed by atoms with Crippen LogP contribution in [0, 0.1) is 19.7 Å². The number of nitrogens with zero attached hydrogens (tertiary/aromatic N) is 1. The zero-order chi connectivity index (χ0) is 13.3. The molecule has 0 unspecified atom stereocenters. The highest BCUT2D eigenvalue weighted by Gasteiger charge is 2.11. The Kier molecular flexibility index (Phi) is 3.73. The second-order valence-electron chi connectivity index (χ2n) is 4.37. The third kappa shape index (κ3) is 2.28. The normalized spacial score (nSPS) is 10.9. The van der Waals surface area contributed by atoms with Crippen LogP contribution in [0.25, 0.3) is 5.69 Å². The molecule has 18 heavy (non-hydrogen) atoms. The largest absolute Gasteiger partial charge is 0.330 e. The van der Waals surface area contributed by atoms with Crippen molar-refractivity contribution in [2.24, 2.45) is 5.73 Å². The van der Waals surface area contributed by atoms with Crippen molar-refractivity contribution in [2.45, 2.75) is 20.3 Å². The molecule has 1 aromatic heterocycles. The first-order chi connectivity index (χ1) is 8.54. The second-order valence-corrected chi connectivity index (χ2v) is 4.78. The summed E-state index contributed by atoms with van der Waals surface area (Å²) in [7, 11) is 0. The topological polar surface area (TPSA) is 30.9 Å². The average Bonchev–Trinajstić information content (AvgIpc) is 2.59. The summed E-state index contributed by atoms with van der Waals surface area (Å²) in [5.74, 6) is -0.398. The molecule has 2 nitrogen and oxygen atoms in total.